The lowest BCUT2D eigenvalue weighted by molar-refractivity contribution is -0.389. The monoisotopic (exact) mass is 317 g/mol. The van der Waals surface area contributed by atoms with Crippen LogP contribution in [0.15, 0.2) is 36.8 Å². The molecule has 2 atom stereocenters. The first-order valence-electron chi connectivity index (χ1n) is 7.67. The van der Waals surface area contributed by atoms with E-state index in [1.165, 1.54) is 28.2 Å². The van der Waals surface area contributed by atoms with Crippen LogP contribution in [0.4, 0.5) is 5.82 Å². The maximum atomic E-state index is 10.6. The maximum Gasteiger partial charge on any atom is 0.381 e. The van der Waals surface area contributed by atoms with E-state index in [0.717, 1.165) is 19.3 Å². The van der Waals surface area contributed by atoms with Crippen molar-refractivity contribution in [3.8, 4) is 0 Å². The predicted octanol–water partition coefficient (Wildman–Crippen LogP) is 2.25. The molecule has 122 valence electrons. The molecular weight excluding hydrogens is 298 g/mol. The van der Waals surface area contributed by atoms with Crippen LogP contribution in [0.3, 0.4) is 0 Å². The maximum absolute atomic E-state index is 10.6. The molecule has 0 saturated carbocycles. The molecule has 23 heavy (non-hydrogen) atoms. The third-order valence-corrected chi connectivity index (χ3v) is 4.03. The molecule has 1 aliphatic carbocycles. The normalized spacial score (nSPS) is 18.4. The van der Waals surface area contributed by atoms with Crippen molar-refractivity contribution in [2.24, 2.45) is 0 Å². The second kappa shape index (κ2) is 6.89. The number of benzene rings is 1. The second-order valence-corrected chi connectivity index (χ2v) is 5.75. The Kier molecular flexibility index (Phi) is 4.68. The van der Waals surface area contributed by atoms with Gasteiger partial charge in [0, 0.05) is 0 Å². The predicted molar refractivity (Wildman–Crippen MR) is 83.0 cm³/mol. The molecule has 0 saturated heterocycles. The van der Waals surface area contributed by atoms with Gasteiger partial charge in [-0.15, -0.1) is 0 Å². The highest BCUT2D eigenvalue weighted by atomic mass is 16.6. The van der Waals surface area contributed by atoms with Crippen molar-refractivity contribution in [2.75, 3.05) is 6.61 Å². The Morgan fingerprint density at radius 3 is 3.09 bits per heavy atom. The van der Waals surface area contributed by atoms with Crippen LogP contribution in [-0.2, 0) is 17.7 Å². The standard InChI is InChI=1S/C16H19N3O4/c20-13(8-18-9-16(17-11-18)19(21)22)10-23-15-7-3-5-12-4-1-2-6-14(12)15/h1-2,4,6,9,11,13,15,20H,3,5,7-8,10H2/t13-,15+/m1/s1. The molecule has 3 rings (SSSR count). The number of fused-ring (bicyclic) bond motifs is 1. The van der Waals surface area contributed by atoms with Gasteiger partial charge in [-0.05, 0) is 40.3 Å². The fourth-order valence-electron chi connectivity index (χ4n) is 2.95. The summed E-state index contributed by atoms with van der Waals surface area (Å²) in [5.74, 6) is -0.223. The highest BCUT2D eigenvalue weighted by Crippen LogP contribution is 2.32. The van der Waals surface area contributed by atoms with Crippen molar-refractivity contribution in [3.63, 3.8) is 0 Å². The summed E-state index contributed by atoms with van der Waals surface area (Å²) in [5.41, 5.74) is 2.51. The van der Waals surface area contributed by atoms with E-state index in [9.17, 15) is 15.2 Å². The summed E-state index contributed by atoms with van der Waals surface area (Å²) in [5, 5.41) is 20.7. The van der Waals surface area contributed by atoms with Crippen LogP contribution in [0, 0.1) is 10.1 Å². The fourth-order valence-corrected chi connectivity index (χ4v) is 2.95. The number of ether oxygens (including phenoxy) is 1. The van der Waals surface area contributed by atoms with Crippen LogP contribution in [0.25, 0.3) is 0 Å². The zero-order chi connectivity index (χ0) is 16.2. The fraction of sp³-hybridized carbons (Fsp3) is 0.438. The molecule has 0 fully saturated rings. The van der Waals surface area contributed by atoms with Gasteiger partial charge < -0.3 is 24.5 Å². The Morgan fingerprint density at radius 1 is 1.48 bits per heavy atom. The van der Waals surface area contributed by atoms with Crippen molar-refractivity contribution in [2.45, 2.75) is 38.0 Å². The van der Waals surface area contributed by atoms with Crippen LogP contribution < -0.4 is 0 Å². The lowest BCUT2D eigenvalue weighted by Gasteiger charge is -2.26. The van der Waals surface area contributed by atoms with Crippen molar-refractivity contribution in [3.05, 3.63) is 58.0 Å². The van der Waals surface area contributed by atoms with Crippen LogP contribution in [-0.4, -0.2) is 32.3 Å². The molecule has 0 amide bonds. The molecule has 0 radical (unpaired) electrons. The second-order valence-electron chi connectivity index (χ2n) is 5.75. The first-order valence-corrected chi connectivity index (χ1v) is 7.67. The lowest BCUT2D eigenvalue weighted by Crippen LogP contribution is -2.24. The number of nitro groups is 1. The number of aliphatic hydroxyl groups excluding tert-OH is 1. The molecule has 0 aliphatic heterocycles. The van der Waals surface area contributed by atoms with E-state index in [1.807, 2.05) is 12.1 Å². The summed E-state index contributed by atoms with van der Waals surface area (Å²) >= 11 is 0. The Balaban J connectivity index is 1.55. The summed E-state index contributed by atoms with van der Waals surface area (Å²) in [4.78, 5) is 13.7. The van der Waals surface area contributed by atoms with E-state index in [4.69, 9.17) is 4.74 Å². The zero-order valence-corrected chi connectivity index (χ0v) is 12.7. The number of aryl methyl sites for hydroxylation is 1. The SMILES string of the molecule is O=[N+]([O-])c1cn(C[C@@H](O)CO[C@H]2CCCc3ccccc32)cn1. The Labute approximate surface area is 133 Å². The number of aromatic nitrogens is 2. The minimum Gasteiger partial charge on any atom is -0.389 e. The molecule has 1 aromatic heterocycles. The van der Waals surface area contributed by atoms with Gasteiger partial charge in [0.15, 0.2) is 0 Å². The number of aliphatic hydroxyl groups is 1. The molecule has 0 bridgehead atoms. The molecule has 0 unspecified atom stereocenters. The van der Waals surface area contributed by atoms with E-state index < -0.39 is 11.0 Å². The van der Waals surface area contributed by atoms with E-state index in [2.05, 4.69) is 17.1 Å². The van der Waals surface area contributed by atoms with E-state index in [0.29, 0.717) is 0 Å². The zero-order valence-electron chi connectivity index (χ0n) is 12.7. The summed E-state index contributed by atoms with van der Waals surface area (Å²) in [6, 6.07) is 8.22. The van der Waals surface area contributed by atoms with Gasteiger partial charge in [0.2, 0.25) is 6.33 Å². The molecular formula is C16H19N3O4. The third kappa shape index (κ3) is 3.75. The number of hydrogen-bond acceptors (Lipinski definition) is 5. The molecule has 1 N–H and O–H groups in total. The van der Waals surface area contributed by atoms with Gasteiger partial charge >= 0.3 is 5.82 Å². The van der Waals surface area contributed by atoms with Gasteiger partial charge in [0.05, 0.1) is 25.4 Å². The summed E-state index contributed by atoms with van der Waals surface area (Å²) in [7, 11) is 0. The molecule has 0 spiro atoms. The van der Waals surface area contributed by atoms with Gasteiger partial charge in [0.25, 0.3) is 0 Å². The van der Waals surface area contributed by atoms with Crippen molar-refractivity contribution in [1.29, 1.82) is 0 Å². The quantitative estimate of drug-likeness (QED) is 0.652. The van der Waals surface area contributed by atoms with Crippen LogP contribution in [0.5, 0.6) is 0 Å². The molecule has 1 heterocycles. The van der Waals surface area contributed by atoms with Gasteiger partial charge in [-0.25, -0.2) is 0 Å². The highest BCUT2D eigenvalue weighted by Gasteiger charge is 2.21. The Morgan fingerprint density at radius 2 is 2.30 bits per heavy atom. The smallest absolute Gasteiger partial charge is 0.381 e. The van der Waals surface area contributed by atoms with E-state index in [-0.39, 0.29) is 25.1 Å². The van der Waals surface area contributed by atoms with E-state index >= 15 is 0 Å². The van der Waals surface area contributed by atoms with Crippen LogP contribution in [0.2, 0.25) is 0 Å². The summed E-state index contributed by atoms with van der Waals surface area (Å²) < 4.78 is 7.38. The topological polar surface area (TPSA) is 90.4 Å². The average molecular weight is 317 g/mol. The lowest BCUT2D eigenvalue weighted by atomic mass is 9.89. The van der Waals surface area contributed by atoms with Gasteiger partial charge in [-0.1, -0.05) is 24.3 Å². The number of hydrogen-bond donors (Lipinski definition) is 1. The first-order chi connectivity index (χ1) is 11.1. The molecule has 7 heteroatoms. The van der Waals surface area contributed by atoms with E-state index in [1.54, 1.807) is 0 Å². The Hall–Kier alpha value is -2.25. The molecule has 7 nitrogen and oxygen atoms in total. The minimum atomic E-state index is -0.738. The Bertz CT molecular complexity index is 685. The number of rotatable bonds is 6. The highest BCUT2D eigenvalue weighted by molar-refractivity contribution is 5.31. The van der Waals surface area contributed by atoms with Gasteiger partial charge in [-0.3, -0.25) is 0 Å². The van der Waals surface area contributed by atoms with Crippen molar-refractivity contribution < 1.29 is 14.8 Å². The first kappa shape index (κ1) is 15.6. The van der Waals surface area contributed by atoms with Crippen LogP contribution >= 0.6 is 0 Å². The summed E-state index contributed by atoms with van der Waals surface area (Å²) in [6.45, 7) is 0.403. The van der Waals surface area contributed by atoms with Crippen molar-refractivity contribution >= 4 is 5.82 Å². The number of nitrogens with zero attached hydrogens (tertiary/aromatic N) is 3. The molecule has 1 aliphatic rings. The molecule has 1 aromatic carbocycles. The largest absolute Gasteiger partial charge is 0.389 e. The van der Waals surface area contributed by atoms with Gasteiger partial charge in [-0.2, -0.15) is 0 Å². The van der Waals surface area contributed by atoms with Crippen molar-refractivity contribution in [1.82, 2.24) is 9.55 Å². The average Bonchev–Trinajstić information content (AvgIpc) is 3.01. The third-order valence-electron chi connectivity index (χ3n) is 4.03. The number of imidazole rings is 1. The van der Waals surface area contributed by atoms with Gasteiger partial charge in [0.1, 0.15) is 6.20 Å². The van der Waals surface area contributed by atoms with Crippen LogP contribution in [0.1, 0.15) is 30.1 Å². The summed E-state index contributed by atoms with van der Waals surface area (Å²) in [6.07, 6.45) is 5.00. The molecule has 2 aromatic rings. The minimum absolute atomic E-state index is 0.00623.